The van der Waals surface area contributed by atoms with Gasteiger partial charge in [0.05, 0.1) is 6.04 Å². The van der Waals surface area contributed by atoms with Gasteiger partial charge in [-0.1, -0.05) is 6.07 Å². The van der Waals surface area contributed by atoms with E-state index >= 15 is 0 Å². The van der Waals surface area contributed by atoms with Gasteiger partial charge in [-0.05, 0) is 36.8 Å². The van der Waals surface area contributed by atoms with Crippen molar-refractivity contribution in [3.8, 4) is 0 Å². The van der Waals surface area contributed by atoms with Crippen LogP contribution in [0.1, 0.15) is 17.2 Å². The standard InChI is InChI=1S/C14H17FN4S/c1-9-5-6-18-14(16)13(9)12(19-17)8-20-11-4-2-3-10(15)7-11/h2-7,12,19H,8,17H2,1H3,(H2,16,18). The second-order valence-electron chi connectivity index (χ2n) is 4.41. The van der Waals surface area contributed by atoms with Gasteiger partial charge in [-0.3, -0.25) is 11.3 Å². The van der Waals surface area contributed by atoms with Crippen molar-refractivity contribution in [2.24, 2.45) is 5.84 Å². The van der Waals surface area contributed by atoms with Crippen molar-refractivity contribution in [3.05, 3.63) is 53.5 Å². The zero-order valence-electron chi connectivity index (χ0n) is 11.1. The number of hydrogen-bond donors (Lipinski definition) is 3. The highest BCUT2D eigenvalue weighted by atomic mass is 32.2. The van der Waals surface area contributed by atoms with E-state index in [0.717, 1.165) is 16.0 Å². The van der Waals surface area contributed by atoms with Crippen LogP contribution in [0.5, 0.6) is 0 Å². The minimum absolute atomic E-state index is 0.142. The quantitative estimate of drug-likeness (QED) is 0.448. The van der Waals surface area contributed by atoms with Crippen molar-refractivity contribution in [1.82, 2.24) is 10.4 Å². The number of aromatic nitrogens is 1. The van der Waals surface area contributed by atoms with Crippen LogP contribution in [0.4, 0.5) is 10.2 Å². The van der Waals surface area contributed by atoms with E-state index in [1.807, 2.05) is 19.1 Å². The van der Waals surface area contributed by atoms with E-state index in [-0.39, 0.29) is 11.9 Å². The predicted molar refractivity (Wildman–Crippen MR) is 80.6 cm³/mol. The molecule has 2 aromatic rings. The lowest BCUT2D eigenvalue weighted by Crippen LogP contribution is -2.31. The molecule has 0 aliphatic heterocycles. The van der Waals surface area contributed by atoms with E-state index < -0.39 is 0 Å². The van der Waals surface area contributed by atoms with Crippen LogP contribution in [0.25, 0.3) is 0 Å². The Balaban J connectivity index is 2.13. The van der Waals surface area contributed by atoms with E-state index in [4.69, 9.17) is 11.6 Å². The van der Waals surface area contributed by atoms with Crippen molar-refractivity contribution in [2.45, 2.75) is 17.9 Å². The van der Waals surface area contributed by atoms with E-state index in [1.165, 1.54) is 23.9 Å². The Morgan fingerprint density at radius 3 is 2.85 bits per heavy atom. The summed E-state index contributed by atoms with van der Waals surface area (Å²) in [6.45, 7) is 1.96. The molecule has 0 radical (unpaired) electrons. The Kier molecular flexibility index (Phi) is 4.94. The van der Waals surface area contributed by atoms with E-state index in [2.05, 4.69) is 10.4 Å². The summed E-state index contributed by atoms with van der Waals surface area (Å²) in [4.78, 5) is 4.94. The molecule has 106 valence electrons. The topological polar surface area (TPSA) is 77.0 Å². The van der Waals surface area contributed by atoms with Gasteiger partial charge >= 0.3 is 0 Å². The Bertz CT molecular complexity index is 571. The van der Waals surface area contributed by atoms with Gasteiger partial charge in [0, 0.05) is 22.4 Å². The molecule has 4 nitrogen and oxygen atoms in total. The Hall–Kier alpha value is -1.63. The summed E-state index contributed by atoms with van der Waals surface area (Å²) in [5.41, 5.74) is 10.6. The van der Waals surface area contributed by atoms with Gasteiger partial charge in [0.1, 0.15) is 11.6 Å². The highest BCUT2D eigenvalue weighted by molar-refractivity contribution is 7.99. The second-order valence-corrected chi connectivity index (χ2v) is 5.51. The Morgan fingerprint density at radius 1 is 1.40 bits per heavy atom. The number of rotatable bonds is 5. The molecule has 6 heteroatoms. The summed E-state index contributed by atoms with van der Waals surface area (Å²) in [6.07, 6.45) is 1.67. The molecule has 1 aromatic carbocycles. The molecule has 0 fully saturated rings. The number of hydrazine groups is 1. The van der Waals surface area contributed by atoms with Crippen LogP contribution in [0, 0.1) is 12.7 Å². The fourth-order valence-corrected chi connectivity index (χ4v) is 2.99. The van der Waals surface area contributed by atoms with Crippen molar-refractivity contribution in [1.29, 1.82) is 0 Å². The maximum Gasteiger partial charge on any atom is 0.128 e. The Morgan fingerprint density at radius 2 is 2.20 bits per heavy atom. The molecule has 1 atom stereocenters. The molecule has 0 amide bonds. The second kappa shape index (κ2) is 6.69. The van der Waals surface area contributed by atoms with Crippen LogP contribution in [-0.2, 0) is 0 Å². The van der Waals surface area contributed by atoms with E-state index in [9.17, 15) is 4.39 Å². The Labute approximate surface area is 121 Å². The lowest BCUT2D eigenvalue weighted by molar-refractivity contribution is 0.607. The molecule has 0 bridgehead atoms. The lowest BCUT2D eigenvalue weighted by Gasteiger charge is -2.19. The number of nitrogen functional groups attached to an aromatic ring is 1. The largest absolute Gasteiger partial charge is 0.383 e. The maximum atomic E-state index is 13.1. The SMILES string of the molecule is Cc1ccnc(N)c1C(CSc1cccc(F)c1)NN. The molecule has 0 saturated carbocycles. The van der Waals surface area contributed by atoms with Gasteiger partial charge < -0.3 is 5.73 Å². The number of benzene rings is 1. The number of nitrogens with one attached hydrogen (secondary N) is 1. The monoisotopic (exact) mass is 292 g/mol. The zero-order valence-corrected chi connectivity index (χ0v) is 12.0. The zero-order chi connectivity index (χ0) is 14.5. The third kappa shape index (κ3) is 3.47. The summed E-state index contributed by atoms with van der Waals surface area (Å²) in [6, 6.07) is 8.22. The van der Waals surface area contributed by atoms with Crippen molar-refractivity contribution in [3.63, 3.8) is 0 Å². The van der Waals surface area contributed by atoms with Crippen LogP contribution in [0.2, 0.25) is 0 Å². The highest BCUT2D eigenvalue weighted by Crippen LogP contribution is 2.28. The van der Waals surface area contributed by atoms with Gasteiger partial charge in [0.2, 0.25) is 0 Å². The third-order valence-corrected chi connectivity index (χ3v) is 4.09. The summed E-state index contributed by atoms with van der Waals surface area (Å²) in [5.74, 6) is 6.47. The minimum atomic E-state index is -0.246. The molecule has 20 heavy (non-hydrogen) atoms. The molecule has 2 rings (SSSR count). The predicted octanol–water partition coefficient (Wildman–Crippen LogP) is 2.41. The van der Waals surface area contributed by atoms with Gasteiger partial charge in [-0.2, -0.15) is 0 Å². The summed E-state index contributed by atoms with van der Waals surface area (Å²) in [7, 11) is 0. The molecule has 0 spiro atoms. The average Bonchev–Trinajstić information content (AvgIpc) is 2.42. The number of halogens is 1. The van der Waals surface area contributed by atoms with E-state index in [0.29, 0.717) is 11.6 Å². The van der Waals surface area contributed by atoms with Crippen LogP contribution < -0.4 is 17.0 Å². The number of aryl methyl sites for hydroxylation is 1. The highest BCUT2D eigenvalue weighted by Gasteiger charge is 2.16. The molecule has 1 aromatic heterocycles. The van der Waals surface area contributed by atoms with Crippen molar-refractivity contribution < 1.29 is 4.39 Å². The number of thioether (sulfide) groups is 1. The fourth-order valence-electron chi connectivity index (χ4n) is 2.00. The van der Waals surface area contributed by atoms with Gasteiger partial charge in [-0.25, -0.2) is 9.37 Å². The molecule has 1 heterocycles. The smallest absolute Gasteiger partial charge is 0.128 e. The first-order valence-electron chi connectivity index (χ1n) is 6.17. The number of pyridine rings is 1. The van der Waals surface area contributed by atoms with Crippen LogP contribution in [-0.4, -0.2) is 10.7 Å². The molecule has 0 aliphatic rings. The maximum absolute atomic E-state index is 13.1. The molecule has 1 unspecified atom stereocenters. The number of anilines is 1. The molecule has 5 N–H and O–H groups in total. The van der Waals surface area contributed by atoms with Crippen LogP contribution >= 0.6 is 11.8 Å². The van der Waals surface area contributed by atoms with Gasteiger partial charge in [-0.15, -0.1) is 11.8 Å². The third-order valence-electron chi connectivity index (χ3n) is 3.00. The van der Waals surface area contributed by atoms with Gasteiger partial charge in [0.25, 0.3) is 0 Å². The molecular weight excluding hydrogens is 275 g/mol. The number of hydrogen-bond acceptors (Lipinski definition) is 5. The average molecular weight is 292 g/mol. The van der Waals surface area contributed by atoms with E-state index in [1.54, 1.807) is 12.3 Å². The molecule has 0 saturated heterocycles. The first-order chi connectivity index (χ1) is 9.61. The van der Waals surface area contributed by atoms with Crippen molar-refractivity contribution in [2.75, 3.05) is 11.5 Å². The lowest BCUT2D eigenvalue weighted by atomic mass is 10.0. The molecule has 0 aliphatic carbocycles. The van der Waals surface area contributed by atoms with Gasteiger partial charge in [0.15, 0.2) is 0 Å². The first kappa shape index (κ1) is 14.8. The summed E-state index contributed by atoms with van der Waals surface area (Å²) < 4.78 is 13.1. The molecular formula is C14H17FN4S. The van der Waals surface area contributed by atoms with Crippen molar-refractivity contribution >= 4 is 17.6 Å². The van der Waals surface area contributed by atoms with Crippen LogP contribution in [0.15, 0.2) is 41.4 Å². The normalized spacial score (nSPS) is 12.3. The minimum Gasteiger partial charge on any atom is -0.383 e. The summed E-state index contributed by atoms with van der Waals surface area (Å²) >= 11 is 1.51. The number of nitrogens with zero attached hydrogens (tertiary/aromatic N) is 1. The first-order valence-corrected chi connectivity index (χ1v) is 7.16. The number of nitrogens with two attached hydrogens (primary N) is 2. The summed E-state index contributed by atoms with van der Waals surface area (Å²) in [5, 5.41) is 0. The fraction of sp³-hybridized carbons (Fsp3) is 0.214. The van der Waals surface area contributed by atoms with Crippen LogP contribution in [0.3, 0.4) is 0 Å².